The zero-order valence-corrected chi connectivity index (χ0v) is 9.63. The Morgan fingerprint density at radius 3 is 2.76 bits per heavy atom. The summed E-state index contributed by atoms with van der Waals surface area (Å²) in [6, 6.07) is 5.97. The Labute approximate surface area is 102 Å². The van der Waals surface area contributed by atoms with Crippen LogP contribution in [0.1, 0.15) is 5.89 Å². The molecule has 0 bridgehead atoms. The van der Waals surface area contributed by atoms with Crippen molar-refractivity contribution in [2.24, 2.45) is 5.73 Å². The van der Waals surface area contributed by atoms with Crippen LogP contribution in [0.4, 0.5) is 4.39 Å². The molecule has 0 atom stereocenters. The number of hydrogen-bond donors (Lipinski definition) is 2. The molecule has 0 saturated heterocycles. The molecule has 88 valence electrons. The van der Waals surface area contributed by atoms with Gasteiger partial charge in [0.05, 0.1) is 11.9 Å². The largest absolute Gasteiger partial charge is 0.440 e. The molecular weight excluding hydrogens is 241 g/mol. The topological polar surface area (TPSA) is 75.9 Å². The van der Waals surface area contributed by atoms with Crippen LogP contribution < -0.4 is 5.73 Å². The molecule has 0 saturated carbocycles. The standard InChI is InChI=1S/C11H10FN3OS/c12-8-3-1-7(2-4-8)9-5-15-10(16-9)6-17-11(13)14/h1-5H,6H2,(H3,13,14). The minimum atomic E-state index is -0.291. The second kappa shape index (κ2) is 5.01. The van der Waals surface area contributed by atoms with E-state index in [1.165, 1.54) is 12.1 Å². The molecule has 0 fully saturated rings. The van der Waals surface area contributed by atoms with Gasteiger partial charge in [-0.15, -0.1) is 0 Å². The van der Waals surface area contributed by atoms with Crippen LogP contribution in [0, 0.1) is 11.2 Å². The number of benzene rings is 1. The van der Waals surface area contributed by atoms with Gasteiger partial charge in [0.25, 0.3) is 0 Å². The Morgan fingerprint density at radius 1 is 1.41 bits per heavy atom. The highest BCUT2D eigenvalue weighted by atomic mass is 32.2. The summed E-state index contributed by atoms with van der Waals surface area (Å²) in [5.41, 5.74) is 5.97. The first-order chi connectivity index (χ1) is 8.15. The average Bonchev–Trinajstić information content (AvgIpc) is 2.76. The molecular formula is C11H10FN3OS. The maximum atomic E-state index is 12.7. The lowest BCUT2D eigenvalue weighted by Crippen LogP contribution is -2.03. The normalized spacial score (nSPS) is 10.4. The molecule has 3 N–H and O–H groups in total. The number of nitrogens with zero attached hydrogens (tertiary/aromatic N) is 1. The van der Waals surface area contributed by atoms with Gasteiger partial charge < -0.3 is 10.2 Å². The number of oxazole rings is 1. The SMILES string of the molecule is N=C(N)SCc1ncc(-c2ccc(F)cc2)o1. The Balaban J connectivity index is 2.12. The summed E-state index contributed by atoms with van der Waals surface area (Å²) in [4.78, 5) is 4.05. The fraction of sp³-hybridized carbons (Fsp3) is 0.0909. The van der Waals surface area contributed by atoms with E-state index in [0.717, 1.165) is 17.3 Å². The van der Waals surface area contributed by atoms with E-state index in [1.54, 1.807) is 18.3 Å². The average molecular weight is 251 g/mol. The molecule has 0 spiro atoms. The maximum Gasteiger partial charge on any atom is 0.205 e. The zero-order chi connectivity index (χ0) is 12.3. The fourth-order valence-corrected chi connectivity index (χ4v) is 1.68. The first-order valence-corrected chi connectivity index (χ1v) is 5.81. The molecule has 1 aromatic heterocycles. The second-order valence-corrected chi connectivity index (χ2v) is 4.30. The van der Waals surface area contributed by atoms with E-state index in [-0.39, 0.29) is 11.0 Å². The number of halogens is 1. The molecule has 0 amide bonds. The summed E-state index contributed by atoms with van der Waals surface area (Å²) in [6.07, 6.45) is 1.57. The molecule has 4 nitrogen and oxygen atoms in total. The van der Waals surface area contributed by atoms with E-state index in [2.05, 4.69) is 4.98 Å². The summed E-state index contributed by atoms with van der Waals surface area (Å²) in [5, 5.41) is 7.09. The Kier molecular flexibility index (Phi) is 3.43. The Morgan fingerprint density at radius 2 is 2.12 bits per heavy atom. The van der Waals surface area contributed by atoms with Crippen molar-refractivity contribution in [3.8, 4) is 11.3 Å². The number of nitrogens with two attached hydrogens (primary N) is 1. The van der Waals surface area contributed by atoms with Crippen molar-refractivity contribution >= 4 is 16.9 Å². The van der Waals surface area contributed by atoms with Crippen molar-refractivity contribution in [2.45, 2.75) is 5.75 Å². The molecule has 2 rings (SSSR count). The van der Waals surface area contributed by atoms with E-state index in [9.17, 15) is 4.39 Å². The third kappa shape index (κ3) is 3.07. The minimum absolute atomic E-state index is 0.0199. The van der Waals surface area contributed by atoms with Crippen molar-refractivity contribution in [1.82, 2.24) is 4.98 Å². The van der Waals surface area contributed by atoms with Gasteiger partial charge in [-0.25, -0.2) is 9.37 Å². The van der Waals surface area contributed by atoms with E-state index < -0.39 is 0 Å². The quantitative estimate of drug-likeness (QED) is 0.649. The number of rotatable bonds is 3. The molecule has 2 aromatic rings. The molecule has 0 unspecified atom stereocenters. The smallest absolute Gasteiger partial charge is 0.205 e. The van der Waals surface area contributed by atoms with Gasteiger partial charge in [-0.3, -0.25) is 5.41 Å². The Hall–Kier alpha value is -1.82. The molecule has 1 aromatic carbocycles. The highest BCUT2D eigenvalue weighted by Gasteiger charge is 2.07. The molecule has 1 heterocycles. The van der Waals surface area contributed by atoms with Gasteiger partial charge in [-0.2, -0.15) is 0 Å². The van der Waals surface area contributed by atoms with Crippen molar-refractivity contribution in [1.29, 1.82) is 5.41 Å². The van der Waals surface area contributed by atoms with Gasteiger partial charge in [-0.05, 0) is 24.3 Å². The zero-order valence-electron chi connectivity index (χ0n) is 8.81. The Bertz CT molecular complexity index is 524. The first kappa shape index (κ1) is 11.7. The van der Waals surface area contributed by atoms with Crippen molar-refractivity contribution < 1.29 is 8.81 Å². The van der Waals surface area contributed by atoms with Crippen molar-refractivity contribution in [2.75, 3.05) is 0 Å². The van der Waals surface area contributed by atoms with Gasteiger partial charge in [0.2, 0.25) is 5.89 Å². The van der Waals surface area contributed by atoms with E-state index in [0.29, 0.717) is 17.4 Å². The highest BCUT2D eigenvalue weighted by Crippen LogP contribution is 2.22. The van der Waals surface area contributed by atoms with Crippen LogP contribution >= 0.6 is 11.8 Å². The van der Waals surface area contributed by atoms with Crippen LogP contribution in [0.5, 0.6) is 0 Å². The predicted octanol–water partition coefficient (Wildman–Crippen LogP) is 2.61. The van der Waals surface area contributed by atoms with Gasteiger partial charge in [0.15, 0.2) is 10.9 Å². The maximum absolute atomic E-state index is 12.7. The van der Waals surface area contributed by atoms with Gasteiger partial charge >= 0.3 is 0 Å². The van der Waals surface area contributed by atoms with Crippen LogP contribution in [-0.2, 0) is 5.75 Å². The first-order valence-electron chi connectivity index (χ1n) is 4.82. The summed E-state index contributed by atoms with van der Waals surface area (Å²) in [7, 11) is 0. The van der Waals surface area contributed by atoms with Crippen LogP contribution in [0.15, 0.2) is 34.9 Å². The lowest BCUT2D eigenvalue weighted by atomic mass is 10.2. The lowest BCUT2D eigenvalue weighted by Gasteiger charge is -1.96. The summed E-state index contributed by atoms with van der Waals surface area (Å²) >= 11 is 1.14. The summed E-state index contributed by atoms with van der Waals surface area (Å²) < 4.78 is 18.2. The van der Waals surface area contributed by atoms with Crippen LogP contribution in [0.2, 0.25) is 0 Å². The molecule has 0 aliphatic rings. The number of thioether (sulfide) groups is 1. The number of aromatic nitrogens is 1. The molecule has 17 heavy (non-hydrogen) atoms. The monoisotopic (exact) mass is 251 g/mol. The minimum Gasteiger partial charge on any atom is -0.440 e. The van der Waals surface area contributed by atoms with Gasteiger partial charge in [0, 0.05) is 5.56 Å². The third-order valence-electron chi connectivity index (χ3n) is 2.03. The highest BCUT2D eigenvalue weighted by molar-refractivity contribution is 8.12. The lowest BCUT2D eigenvalue weighted by molar-refractivity contribution is 0.530. The molecule has 0 aliphatic carbocycles. The van der Waals surface area contributed by atoms with E-state index >= 15 is 0 Å². The second-order valence-electron chi connectivity index (χ2n) is 3.28. The summed E-state index contributed by atoms with van der Waals surface area (Å²) in [6.45, 7) is 0. The third-order valence-corrected chi connectivity index (χ3v) is 2.74. The van der Waals surface area contributed by atoms with Crippen LogP contribution in [-0.4, -0.2) is 10.2 Å². The van der Waals surface area contributed by atoms with Gasteiger partial charge in [0.1, 0.15) is 5.82 Å². The van der Waals surface area contributed by atoms with Crippen LogP contribution in [0.25, 0.3) is 11.3 Å². The van der Waals surface area contributed by atoms with Crippen molar-refractivity contribution in [3.63, 3.8) is 0 Å². The van der Waals surface area contributed by atoms with Crippen molar-refractivity contribution in [3.05, 3.63) is 42.2 Å². The van der Waals surface area contributed by atoms with E-state index in [4.69, 9.17) is 15.6 Å². The molecule has 0 radical (unpaired) electrons. The fourth-order valence-electron chi connectivity index (χ4n) is 1.26. The number of amidine groups is 1. The number of hydrogen-bond acceptors (Lipinski definition) is 4. The molecule has 0 aliphatic heterocycles. The van der Waals surface area contributed by atoms with Gasteiger partial charge in [-0.1, -0.05) is 11.8 Å². The summed E-state index contributed by atoms with van der Waals surface area (Å²) in [5.74, 6) is 1.19. The van der Waals surface area contributed by atoms with E-state index in [1.807, 2.05) is 0 Å². The molecule has 6 heteroatoms. The predicted molar refractivity (Wildman–Crippen MR) is 65.1 cm³/mol. The van der Waals surface area contributed by atoms with Crippen LogP contribution in [0.3, 0.4) is 0 Å². The number of nitrogens with one attached hydrogen (secondary N) is 1.